The summed E-state index contributed by atoms with van der Waals surface area (Å²) in [6, 6.07) is 0. The zero-order valence-corrected chi connectivity index (χ0v) is 34.3. The molecule has 22 nitrogen and oxygen atoms in total. The zero-order valence-electron chi connectivity index (χ0n) is 34.3. The summed E-state index contributed by atoms with van der Waals surface area (Å²) in [6.45, 7) is 27.1. The Morgan fingerprint density at radius 1 is 0.310 bits per heavy atom. The standard InChI is InChI=1S/C10H14O4.4C4H6O2.5C2H6O2/c1-7(2)9(11)13-5-6-14-10(12)8(3)4;4*1-3(2)4(5)6;5*3-1-2-4/h1,3,5-6H2,2,4H3;4*1H2,2H3,(H,5,6);5*3-4H,1-2H2. The van der Waals surface area contributed by atoms with Gasteiger partial charge in [0.05, 0.1) is 66.1 Å². The first kappa shape index (κ1) is 77.4. The third kappa shape index (κ3) is 133. The number of carbonyl (C=O) groups is 6. The van der Waals surface area contributed by atoms with Crippen LogP contribution in [0, 0.1) is 0 Å². The highest BCUT2D eigenvalue weighted by atomic mass is 16.6. The largest absolute Gasteiger partial charge is 0.478 e. The van der Waals surface area contributed by atoms with Gasteiger partial charge >= 0.3 is 35.8 Å². The van der Waals surface area contributed by atoms with Crippen LogP contribution in [0.5, 0.6) is 0 Å². The Labute approximate surface area is 339 Å². The van der Waals surface area contributed by atoms with Gasteiger partial charge in [0.2, 0.25) is 0 Å². The lowest BCUT2D eigenvalue weighted by Crippen LogP contribution is -2.14. The minimum absolute atomic E-state index is 0.0325. The molecule has 14 N–H and O–H groups in total. The first-order chi connectivity index (χ1) is 26.6. The molecule has 0 rings (SSSR count). The number of ether oxygens (including phenoxy) is 2. The van der Waals surface area contributed by atoms with Gasteiger partial charge in [-0.15, -0.1) is 0 Å². The number of carbonyl (C=O) groups excluding carboxylic acids is 2. The summed E-state index contributed by atoms with van der Waals surface area (Å²) >= 11 is 0. The number of esters is 2. The van der Waals surface area contributed by atoms with Crippen molar-refractivity contribution in [3.63, 3.8) is 0 Å². The van der Waals surface area contributed by atoms with Crippen LogP contribution in [0.4, 0.5) is 0 Å². The number of carboxylic acids is 4. The second-order valence-corrected chi connectivity index (χ2v) is 9.41. The predicted molar refractivity (Wildman–Crippen MR) is 212 cm³/mol. The van der Waals surface area contributed by atoms with E-state index < -0.39 is 35.8 Å². The van der Waals surface area contributed by atoms with E-state index in [4.69, 9.17) is 71.5 Å². The van der Waals surface area contributed by atoms with Crippen LogP contribution in [0.3, 0.4) is 0 Å². The highest BCUT2D eigenvalue weighted by Gasteiger charge is 2.05. The number of aliphatic hydroxyl groups is 10. The van der Waals surface area contributed by atoms with Gasteiger partial charge in [0.15, 0.2) is 0 Å². The highest BCUT2D eigenvalue weighted by molar-refractivity contribution is 5.88. The molecule has 0 aliphatic carbocycles. The summed E-state index contributed by atoms with van der Waals surface area (Å²) in [4.78, 5) is 60.1. The van der Waals surface area contributed by atoms with Crippen molar-refractivity contribution in [3.8, 4) is 0 Å². The van der Waals surface area contributed by atoms with Crippen molar-refractivity contribution in [1.82, 2.24) is 0 Å². The van der Waals surface area contributed by atoms with Crippen molar-refractivity contribution < 1.29 is 110 Å². The first-order valence-electron chi connectivity index (χ1n) is 15.9. The fourth-order valence-electron chi connectivity index (χ4n) is 0.515. The van der Waals surface area contributed by atoms with Crippen molar-refractivity contribution in [3.05, 3.63) is 72.9 Å². The molecule has 0 fully saturated rings. The number of rotatable bonds is 14. The molecule has 0 heterocycles. The molecule has 0 aliphatic rings. The number of hydrogen-bond donors (Lipinski definition) is 14. The topological polar surface area (TPSA) is 404 Å². The van der Waals surface area contributed by atoms with Crippen molar-refractivity contribution in [1.29, 1.82) is 0 Å². The van der Waals surface area contributed by atoms with E-state index in [1.807, 2.05) is 0 Å². The maximum absolute atomic E-state index is 10.8. The van der Waals surface area contributed by atoms with E-state index in [0.717, 1.165) is 0 Å². The lowest BCUT2D eigenvalue weighted by atomic mass is 10.4. The average Bonchev–Trinajstić information content (AvgIpc) is 3.17. The Morgan fingerprint density at radius 2 is 0.414 bits per heavy atom. The molecule has 0 aliphatic heterocycles. The van der Waals surface area contributed by atoms with E-state index in [0.29, 0.717) is 11.1 Å². The van der Waals surface area contributed by atoms with Crippen LogP contribution in [-0.2, 0) is 38.2 Å². The van der Waals surface area contributed by atoms with E-state index in [1.165, 1.54) is 27.7 Å². The van der Waals surface area contributed by atoms with Crippen LogP contribution in [0.15, 0.2) is 72.9 Å². The molecule has 0 amide bonds. The fraction of sp³-hybridized carbons (Fsp3) is 0.500. The van der Waals surface area contributed by atoms with Gasteiger partial charge < -0.3 is 81.0 Å². The number of aliphatic carboxylic acids is 4. The van der Waals surface area contributed by atoms with Gasteiger partial charge in [0.1, 0.15) is 13.2 Å². The molecule has 0 saturated carbocycles. The van der Waals surface area contributed by atoms with Crippen LogP contribution >= 0.6 is 0 Å². The van der Waals surface area contributed by atoms with Crippen molar-refractivity contribution in [2.24, 2.45) is 0 Å². The van der Waals surface area contributed by atoms with E-state index in [1.54, 1.807) is 13.8 Å². The van der Waals surface area contributed by atoms with Crippen LogP contribution in [0.1, 0.15) is 41.5 Å². The second kappa shape index (κ2) is 66.7. The molecular weight excluding hydrogens is 784 g/mol. The van der Waals surface area contributed by atoms with Crippen LogP contribution in [0.25, 0.3) is 0 Å². The lowest BCUT2D eigenvalue weighted by Gasteiger charge is -2.05. The van der Waals surface area contributed by atoms with E-state index in [2.05, 4.69) is 48.9 Å². The third-order valence-corrected chi connectivity index (χ3v) is 3.21. The Bertz CT molecular complexity index is 908. The molecule has 22 heteroatoms. The van der Waals surface area contributed by atoms with Crippen LogP contribution in [-0.4, -0.2) is 187 Å². The van der Waals surface area contributed by atoms with Gasteiger partial charge in [-0.1, -0.05) is 39.5 Å². The summed E-state index contributed by atoms with van der Waals surface area (Å²) < 4.78 is 9.38. The van der Waals surface area contributed by atoms with E-state index in [-0.39, 0.29) is 102 Å². The Morgan fingerprint density at radius 3 is 0.466 bits per heavy atom. The molecule has 0 aromatic carbocycles. The van der Waals surface area contributed by atoms with Gasteiger partial charge in [-0.3, -0.25) is 0 Å². The number of aliphatic hydroxyl groups excluding tert-OH is 10. The van der Waals surface area contributed by atoms with Gasteiger partial charge in [-0.2, -0.15) is 0 Å². The minimum atomic E-state index is -0.935. The molecule has 344 valence electrons. The smallest absolute Gasteiger partial charge is 0.333 e. The Hall–Kier alpha value is -5.14. The normalized spacial score (nSPS) is 7.86. The zero-order chi connectivity index (χ0) is 48.8. The van der Waals surface area contributed by atoms with Crippen LogP contribution < -0.4 is 0 Å². The molecule has 0 spiro atoms. The molecular formula is C36H68O22. The van der Waals surface area contributed by atoms with E-state index in [9.17, 15) is 28.8 Å². The number of hydrogen-bond acceptors (Lipinski definition) is 18. The van der Waals surface area contributed by atoms with Crippen molar-refractivity contribution in [2.75, 3.05) is 79.3 Å². The highest BCUT2D eigenvalue weighted by Crippen LogP contribution is 1.94. The van der Waals surface area contributed by atoms with Gasteiger partial charge in [0.25, 0.3) is 0 Å². The first-order valence-corrected chi connectivity index (χ1v) is 15.9. The molecule has 0 aromatic rings. The average molecular weight is 853 g/mol. The van der Waals surface area contributed by atoms with Gasteiger partial charge in [-0.05, 0) is 41.5 Å². The van der Waals surface area contributed by atoms with Crippen LogP contribution in [0.2, 0.25) is 0 Å². The second-order valence-electron chi connectivity index (χ2n) is 9.41. The summed E-state index contributed by atoms with van der Waals surface area (Å²) in [7, 11) is 0. The monoisotopic (exact) mass is 852 g/mol. The Kier molecular flexibility index (Phi) is 88.9. The maximum Gasteiger partial charge on any atom is 0.333 e. The molecule has 0 atom stereocenters. The molecule has 0 aromatic heterocycles. The van der Waals surface area contributed by atoms with Crippen molar-refractivity contribution >= 4 is 35.8 Å². The molecule has 0 saturated heterocycles. The fourth-order valence-corrected chi connectivity index (χ4v) is 0.515. The van der Waals surface area contributed by atoms with Gasteiger partial charge in [0, 0.05) is 33.4 Å². The summed E-state index contributed by atoms with van der Waals surface area (Å²) in [5, 5.41) is 108. The quantitative estimate of drug-likeness (QED) is 0.0547. The third-order valence-electron chi connectivity index (χ3n) is 3.21. The molecule has 0 bridgehead atoms. The van der Waals surface area contributed by atoms with Crippen molar-refractivity contribution in [2.45, 2.75) is 41.5 Å². The predicted octanol–water partition coefficient (Wildman–Crippen LogP) is -1.33. The molecule has 0 radical (unpaired) electrons. The molecule has 0 unspecified atom stereocenters. The minimum Gasteiger partial charge on any atom is -0.478 e. The van der Waals surface area contributed by atoms with E-state index >= 15 is 0 Å². The maximum atomic E-state index is 10.8. The summed E-state index contributed by atoms with van der Waals surface area (Å²) in [5.41, 5.74) is 1.34. The Balaban J connectivity index is -0.0000000575. The summed E-state index contributed by atoms with van der Waals surface area (Å²) in [5.74, 6) is -4.72. The number of carboxylic acid groups (broad SMARTS) is 4. The molecule has 58 heavy (non-hydrogen) atoms. The van der Waals surface area contributed by atoms with Gasteiger partial charge in [-0.25, -0.2) is 28.8 Å². The SMILES string of the molecule is C=C(C)C(=O)O.C=C(C)C(=O)O.C=C(C)C(=O)O.C=C(C)C(=O)O.C=C(C)C(=O)OCCOC(=O)C(=C)C.OCCO.OCCO.OCCO.OCCO.OCCO. The lowest BCUT2D eigenvalue weighted by molar-refractivity contribution is -0.147. The summed E-state index contributed by atoms with van der Waals surface area (Å²) in [6.07, 6.45) is 0.